The van der Waals surface area contributed by atoms with Crippen LogP contribution in [0.5, 0.6) is 5.75 Å². The van der Waals surface area contributed by atoms with E-state index in [1.165, 1.54) is 24.5 Å². The number of aromatic nitrogens is 2. The van der Waals surface area contributed by atoms with Gasteiger partial charge in [0.25, 0.3) is 17.2 Å². The molecule has 0 bridgehead atoms. The van der Waals surface area contributed by atoms with Gasteiger partial charge in [0.05, 0.1) is 28.8 Å². The van der Waals surface area contributed by atoms with Gasteiger partial charge in [-0.1, -0.05) is 0 Å². The van der Waals surface area contributed by atoms with Crippen molar-refractivity contribution in [1.82, 2.24) is 9.55 Å². The minimum absolute atomic E-state index is 0.166. The van der Waals surface area contributed by atoms with E-state index in [4.69, 9.17) is 4.74 Å². The van der Waals surface area contributed by atoms with Crippen molar-refractivity contribution in [3.63, 3.8) is 0 Å². The fourth-order valence-electron chi connectivity index (χ4n) is 3.44. The number of hydrogen-bond acceptors (Lipinski definition) is 7. The number of nitrogens with one attached hydrogen (secondary N) is 2. The van der Waals surface area contributed by atoms with Crippen LogP contribution in [-0.4, -0.2) is 32.9 Å². The number of rotatable bonds is 8. The summed E-state index contributed by atoms with van der Waals surface area (Å²) in [5.74, 6) is -0.0842. The number of nitrogens with zero attached hydrogens (tertiary/aromatic N) is 3. The number of amides is 2. The molecule has 3 aromatic carbocycles. The minimum Gasteiger partial charge on any atom is -0.494 e. The molecule has 0 aliphatic carbocycles. The summed E-state index contributed by atoms with van der Waals surface area (Å²) in [4.78, 5) is 52.0. The predicted molar refractivity (Wildman–Crippen MR) is 133 cm³/mol. The molecule has 4 rings (SSSR count). The fourth-order valence-corrected chi connectivity index (χ4v) is 3.44. The van der Waals surface area contributed by atoms with Gasteiger partial charge >= 0.3 is 0 Å². The monoisotopic (exact) mass is 487 g/mol. The van der Waals surface area contributed by atoms with Gasteiger partial charge in [0, 0.05) is 29.1 Å². The quantitative estimate of drug-likeness (QED) is 0.285. The number of nitro groups is 1. The molecular formula is C25H21N5O6. The average molecular weight is 487 g/mol. The van der Waals surface area contributed by atoms with Crippen molar-refractivity contribution in [3.05, 3.63) is 99.1 Å². The van der Waals surface area contributed by atoms with Crippen molar-refractivity contribution in [2.75, 3.05) is 17.2 Å². The van der Waals surface area contributed by atoms with Crippen molar-refractivity contribution in [2.24, 2.45) is 0 Å². The van der Waals surface area contributed by atoms with E-state index in [1.54, 1.807) is 48.5 Å². The van der Waals surface area contributed by atoms with Gasteiger partial charge in [-0.25, -0.2) is 4.98 Å². The van der Waals surface area contributed by atoms with E-state index in [0.29, 0.717) is 29.3 Å². The summed E-state index contributed by atoms with van der Waals surface area (Å²) >= 11 is 0. The molecule has 2 N–H and O–H groups in total. The van der Waals surface area contributed by atoms with E-state index in [9.17, 15) is 24.5 Å². The van der Waals surface area contributed by atoms with Crippen LogP contribution in [0.1, 0.15) is 17.3 Å². The van der Waals surface area contributed by atoms with Crippen LogP contribution in [0.2, 0.25) is 0 Å². The molecule has 1 heterocycles. The second-order valence-electron chi connectivity index (χ2n) is 7.67. The lowest BCUT2D eigenvalue weighted by Crippen LogP contribution is -2.28. The Morgan fingerprint density at radius 3 is 2.33 bits per heavy atom. The molecule has 11 nitrogen and oxygen atoms in total. The molecule has 36 heavy (non-hydrogen) atoms. The fraction of sp³-hybridized carbons (Fsp3) is 0.120. The molecule has 0 aliphatic heterocycles. The van der Waals surface area contributed by atoms with Crippen LogP contribution in [0.15, 0.2) is 77.9 Å². The third kappa shape index (κ3) is 5.53. The third-order valence-electron chi connectivity index (χ3n) is 5.19. The number of fused-ring (bicyclic) bond motifs is 1. The first-order valence-electron chi connectivity index (χ1n) is 10.9. The Labute approximate surface area is 204 Å². The number of nitro benzene ring substituents is 1. The Balaban J connectivity index is 1.38. The normalized spacial score (nSPS) is 10.6. The van der Waals surface area contributed by atoms with Crippen molar-refractivity contribution in [2.45, 2.75) is 13.5 Å². The summed E-state index contributed by atoms with van der Waals surface area (Å²) in [6.07, 6.45) is 1.17. The van der Waals surface area contributed by atoms with Crippen molar-refractivity contribution < 1.29 is 19.2 Å². The second kappa shape index (κ2) is 10.5. The first kappa shape index (κ1) is 24.1. The van der Waals surface area contributed by atoms with Crippen LogP contribution in [0.4, 0.5) is 17.1 Å². The largest absolute Gasteiger partial charge is 0.494 e. The molecule has 0 atom stereocenters. The zero-order valence-electron chi connectivity index (χ0n) is 19.1. The molecule has 11 heteroatoms. The van der Waals surface area contributed by atoms with Gasteiger partial charge in [-0.15, -0.1) is 0 Å². The molecule has 0 saturated carbocycles. The van der Waals surface area contributed by atoms with Crippen LogP contribution in [0.3, 0.4) is 0 Å². The van der Waals surface area contributed by atoms with Gasteiger partial charge in [-0.3, -0.25) is 29.1 Å². The van der Waals surface area contributed by atoms with E-state index >= 15 is 0 Å². The molecule has 0 spiro atoms. The summed E-state index contributed by atoms with van der Waals surface area (Å²) in [5, 5.41) is 16.5. The van der Waals surface area contributed by atoms with Crippen molar-refractivity contribution in [1.29, 1.82) is 0 Å². The molecule has 0 radical (unpaired) electrons. The second-order valence-corrected chi connectivity index (χ2v) is 7.67. The Morgan fingerprint density at radius 1 is 1.00 bits per heavy atom. The molecule has 0 saturated heterocycles. The van der Waals surface area contributed by atoms with E-state index in [2.05, 4.69) is 15.6 Å². The van der Waals surface area contributed by atoms with Gasteiger partial charge in [0.2, 0.25) is 5.91 Å². The van der Waals surface area contributed by atoms with E-state index in [-0.39, 0.29) is 29.0 Å². The highest BCUT2D eigenvalue weighted by Crippen LogP contribution is 2.18. The average Bonchev–Trinajstić information content (AvgIpc) is 2.87. The van der Waals surface area contributed by atoms with Crippen LogP contribution in [-0.2, 0) is 11.3 Å². The number of benzene rings is 3. The molecule has 182 valence electrons. The molecule has 0 fully saturated rings. The highest BCUT2D eigenvalue weighted by atomic mass is 16.6. The smallest absolute Gasteiger partial charge is 0.271 e. The lowest BCUT2D eigenvalue weighted by Gasteiger charge is -2.10. The van der Waals surface area contributed by atoms with Crippen LogP contribution in [0, 0.1) is 10.1 Å². The van der Waals surface area contributed by atoms with E-state index < -0.39 is 16.4 Å². The zero-order chi connectivity index (χ0) is 25.7. The van der Waals surface area contributed by atoms with E-state index in [0.717, 1.165) is 4.57 Å². The van der Waals surface area contributed by atoms with Crippen LogP contribution >= 0.6 is 0 Å². The summed E-state index contributed by atoms with van der Waals surface area (Å²) in [7, 11) is 0. The number of hydrogen-bond donors (Lipinski definition) is 2. The first-order valence-corrected chi connectivity index (χ1v) is 10.9. The Kier molecular flexibility index (Phi) is 7.00. The summed E-state index contributed by atoms with van der Waals surface area (Å²) in [6, 6.07) is 17.0. The van der Waals surface area contributed by atoms with Gasteiger partial charge in [-0.2, -0.15) is 0 Å². The number of non-ortho nitro benzene ring substituents is 1. The van der Waals surface area contributed by atoms with Gasteiger partial charge < -0.3 is 15.4 Å². The summed E-state index contributed by atoms with van der Waals surface area (Å²) in [6.45, 7) is 2.13. The predicted octanol–water partition coefficient (Wildman–Crippen LogP) is 3.59. The van der Waals surface area contributed by atoms with Crippen LogP contribution in [0.25, 0.3) is 10.9 Å². The minimum atomic E-state index is -0.574. The Hall–Kier alpha value is -5.06. The number of carbonyl (C=O) groups is 2. The SMILES string of the molecule is CCOc1ccc(NC(=O)c2ccc(NC(=O)Cn3cnc4cc([N+](=O)[O-])ccc4c3=O)cc2)cc1. The lowest BCUT2D eigenvalue weighted by molar-refractivity contribution is -0.384. The molecule has 4 aromatic rings. The maximum absolute atomic E-state index is 12.6. The molecular weight excluding hydrogens is 466 g/mol. The summed E-state index contributed by atoms with van der Waals surface area (Å²) < 4.78 is 6.49. The molecule has 0 aliphatic rings. The van der Waals surface area contributed by atoms with Crippen molar-refractivity contribution >= 4 is 39.8 Å². The Bertz CT molecular complexity index is 1500. The van der Waals surface area contributed by atoms with Gasteiger partial charge in [0.1, 0.15) is 12.3 Å². The number of anilines is 2. The number of ether oxygens (including phenoxy) is 1. The van der Waals surface area contributed by atoms with E-state index in [1.807, 2.05) is 6.92 Å². The molecule has 1 aromatic heterocycles. The molecule has 2 amide bonds. The van der Waals surface area contributed by atoms with Gasteiger partial charge in [0.15, 0.2) is 0 Å². The topological polar surface area (TPSA) is 145 Å². The number of carbonyl (C=O) groups excluding carboxylic acids is 2. The maximum Gasteiger partial charge on any atom is 0.271 e. The Morgan fingerprint density at radius 2 is 1.67 bits per heavy atom. The zero-order valence-corrected chi connectivity index (χ0v) is 19.1. The third-order valence-corrected chi connectivity index (χ3v) is 5.19. The highest BCUT2D eigenvalue weighted by molar-refractivity contribution is 6.04. The highest BCUT2D eigenvalue weighted by Gasteiger charge is 2.13. The standard InChI is InChI=1S/C25H21N5O6/c1-2-36-20-10-7-18(8-11-20)28-24(32)16-3-5-17(6-4-16)27-23(31)14-29-15-26-22-13-19(30(34)35)9-12-21(22)25(29)33/h3-13,15H,2,14H2,1H3,(H,27,31)(H,28,32). The van der Waals surface area contributed by atoms with Crippen molar-refractivity contribution in [3.8, 4) is 5.75 Å². The van der Waals surface area contributed by atoms with Crippen LogP contribution < -0.4 is 20.9 Å². The first-order chi connectivity index (χ1) is 17.3. The molecule has 0 unspecified atom stereocenters. The maximum atomic E-state index is 12.6. The lowest BCUT2D eigenvalue weighted by atomic mass is 10.2. The van der Waals surface area contributed by atoms with Gasteiger partial charge in [-0.05, 0) is 61.5 Å². The summed E-state index contributed by atoms with van der Waals surface area (Å²) in [5.41, 5.74) is 0.948.